The van der Waals surface area contributed by atoms with Crippen LogP contribution in [0.3, 0.4) is 0 Å². The fourth-order valence-electron chi connectivity index (χ4n) is 3.14. The summed E-state index contributed by atoms with van der Waals surface area (Å²) in [6.45, 7) is 7.32. The molecule has 0 spiro atoms. The molecule has 5 nitrogen and oxygen atoms in total. The molecule has 30 heavy (non-hydrogen) atoms. The van der Waals surface area contributed by atoms with Crippen LogP contribution in [0.5, 0.6) is 5.75 Å². The van der Waals surface area contributed by atoms with Crippen molar-refractivity contribution in [2.75, 3.05) is 6.54 Å². The Bertz CT molecular complexity index is 1040. The summed E-state index contributed by atoms with van der Waals surface area (Å²) in [5, 5.41) is 8.44. The van der Waals surface area contributed by atoms with Gasteiger partial charge in [0.05, 0.1) is 6.21 Å². The molecule has 156 valence electrons. The molecule has 0 amide bonds. The van der Waals surface area contributed by atoms with E-state index in [4.69, 9.17) is 28.6 Å². The minimum Gasteiger partial charge on any atom is -0.489 e. The monoisotopic (exact) mass is 440 g/mol. The van der Waals surface area contributed by atoms with Crippen molar-refractivity contribution in [3.63, 3.8) is 0 Å². The van der Waals surface area contributed by atoms with Crippen molar-refractivity contribution in [2.24, 2.45) is 5.10 Å². The van der Waals surface area contributed by atoms with Gasteiger partial charge in [0, 0.05) is 39.8 Å². The van der Waals surface area contributed by atoms with Gasteiger partial charge in [-0.2, -0.15) is 5.10 Å². The van der Waals surface area contributed by atoms with Crippen molar-refractivity contribution >= 4 is 35.1 Å². The van der Waals surface area contributed by atoms with Crippen LogP contribution in [-0.4, -0.2) is 22.4 Å². The van der Waals surface area contributed by atoms with Crippen LogP contribution in [0.15, 0.2) is 59.7 Å². The number of rotatable bonds is 7. The molecule has 3 rings (SSSR count). The lowest BCUT2D eigenvalue weighted by Crippen LogP contribution is -2.31. The molecule has 0 saturated heterocycles. The smallest absolute Gasteiger partial charge is 0.186 e. The summed E-state index contributed by atoms with van der Waals surface area (Å²) in [7, 11) is 0. The van der Waals surface area contributed by atoms with Gasteiger partial charge in [0.25, 0.3) is 0 Å². The molecule has 0 atom stereocenters. The highest BCUT2D eigenvalue weighted by atomic mass is 35.5. The highest BCUT2D eigenvalue weighted by molar-refractivity contribution is 7.80. The number of ether oxygens (including phenoxy) is 1. The number of aromatic nitrogens is 1. The van der Waals surface area contributed by atoms with Crippen molar-refractivity contribution in [1.82, 2.24) is 15.3 Å². The van der Waals surface area contributed by atoms with Crippen molar-refractivity contribution < 1.29 is 4.74 Å². The Balaban J connectivity index is 1.70. The summed E-state index contributed by atoms with van der Waals surface area (Å²) >= 11 is 11.3. The molecule has 0 aliphatic rings. The van der Waals surface area contributed by atoms with Gasteiger partial charge in [-0.05, 0) is 69.4 Å². The number of aryl methyl sites for hydroxylation is 1. The van der Waals surface area contributed by atoms with Gasteiger partial charge in [0.2, 0.25) is 0 Å². The van der Waals surface area contributed by atoms with Crippen LogP contribution < -0.4 is 15.5 Å². The second kappa shape index (κ2) is 10.3. The molecule has 0 saturated carbocycles. The Morgan fingerprint density at radius 1 is 1.17 bits per heavy atom. The molecule has 0 fully saturated rings. The number of benzene rings is 2. The van der Waals surface area contributed by atoms with Crippen molar-refractivity contribution in [2.45, 2.75) is 27.4 Å². The summed E-state index contributed by atoms with van der Waals surface area (Å²) < 4.78 is 8.07. The molecule has 0 aliphatic heterocycles. The molecule has 0 aliphatic carbocycles. The lowest BCUT2D eigenvalue weighted by Gasteiger charge is -2.12. The average Bonchev–Trinajstić information content (AvgIpc) is 3.01. The molecular formula is C23H25ClN4OS. The quantitative estimate of drug-likeness (QED) is 0.303. The normalized spacial score (nSPS) is 10.9. The highest BCUT2D eigenvalue weighted by Crippen LogP contribution is 2.23. The molecule has 0 bridgehead atoms. The van der Waals surface area contributed by atoms with Crippen LogP contribution in [0, 0.1) is 13.8 Å². The second-order valence-corrected chi connectivity index (χ2v) is 7.58. The Morgan fingerprint density at radius 3 is 2.60 bits per heavy atom. The van der Waals surface area contributed by atoms with E-state index in [1.807, 2.05) is 55.5 Å². The predicted molar refractivity (Wildman–Crippen MR) is 128 cm³/mol. The number of hydrogen-bond acceptors (Lipinski definition) is 3. The molecule has 2 aromatic carbocycles. The van der Waals surface area contributed by atoms with Crippen molar-refractivity contribution in [3.05, 3.63) is 82.1 Å². The third-order valence-corrected chi connectivity index (χ3v) is 5.23. The third-order valence-electron chi connectivity index (χ3n) is 4.62. The summed E-state index contributed by atoms with van der Waals surface area (Å²) in [6.07, 6.45) is 1.78. The first-order valence-corrected chi connectivity index (χ1v) is 10.5. The zero-order valence-corrected chi connectivity index (χ0v) is 18.8. The van der Waals surface area contributed by atoms with Crippen molar-refractivity contribution in [3.8, 4) is 11.4 Å². The van der Waals surface area contributed by atoms with Gasteiger partial charge in [0.15, 0.2) is 5.11 Å². The number of halogens is 1. The molecule has 2 N–H and O–H groups in total. The Kier molecular flexibility index (Phi) is 7.49. The van der Waals surface area contributed by atoms with E-state index in [-0.39, 0.29) is 0 Å². The van der Waals surface area contributed by atoms with Crippen LogP contribution in [0.2, 0.25) is 5.02 Å². The molecule has 1 aromatic heterocycles. The van der Waals surface area contributed by atoms with Gasteiger partial charge >= 0.3 is 0 Å². The standard InChI is InChI=1S/C23H25ClN4OS/c1-4-25-23(30)27-26-14-19-13-16(2)28(17(19)3)20-9-11-21(12-10-20)29-15-18-7-5-6-8-22(18)24/h5-14H,4,15H2,1-3H3,(H2,25,27,30). The number of thiocarbonyl (C=S) groups is 1. The second-order valence-electron chi connectivity index (χ2n) is 6.77. The summed E-state index contributed by atoms with van der Waals surface area (Å²) in [6, 6.07) is 17.8. The third kappa shape index (κ3) is 5.40. The van der Waals surface area contributed by atoms with Gasteiger partial charge in [-0.1, -0.05) is 29.8 Å². The average molecular weight is 441 g/mol. The van der Waals surface area contributed by atoms with E-state index in [0.717, 1.165) is 40.5 Å². The SMILES string of the molecule is CCNC(=S)NN=Cc1cc(C)n(-c2ccc(OCc3ccccc3Cl)cc2)c1C. The first-order valence-electron chi connectivity index (χ1n) is 9.72. The van der Waals surface area contributed by atoms with Gasteiger partial charge < -0.3 is 14.6 Å². The first-order chi connectivity index (χ1) is 14.5. The minimum absolute atomic E-state index is 0.433. The molecule has 3 aromatic rings. The number of hydrogen-bond donors (Lipinski definition) is 2. The van der Waals surface area contributed by atoms with E-state index in [0.29, 0.717) is 16.7 Å². The molecule has 1 heterocycles. The van der Waals surface area contributed by atoms with Gasteiger partial charge in [-0.3, -0.25) is 5.43 Å². The van der Waals surface area contributed by atoms with Crippen LogP contribution >= 0.6 is 23.8 Å². The van der Waals surface area contributed by atoms with E-state index < -0.39 is 0 Å². The highest BCUT2D eigenvalue weighted by Gasteiger charge is 2.10. The lowest BCUT2D eigenvalue weighted by molar-refractivity contribution is 0.306. The van der Waals surface area contributed by atoms with E-state index in [1.54, 1.807) is 6.21 Å². The van der Waals surface area contributed by atoms with Crippen LogP contribution in [0.25, 0.3) is 5.69 Å². The maximum Gasteiger partial charge on any atom is 0.186 e. The van der Waals surface area contributed by atoms with Crippen LogP contribution in [0.1, 0.15) is 29.4 Å². The van der Waals surface area contributed by atoms with Crippen LogP contribution in [0.4, 0.5) is 0 Å². The lowest BCUT2D eigenvalue weighted by atomic mass is 10.2. The maximum absolute atomic E-state index is 6.19. The number of nitrogens with zero attached hydrogens (tertiary/aromatic N) is 2. The van der Waals surface area contributed by atoms with E-state index >= 15 is 0 Å². The van der Waals surface area contributed by atoms with Gasteiger partial charge in [0.1, 0.15) is 12.4 Å². The Hall–Kier alpha value is -2.83. The molecule has 0 unspecified atom stereocenters. The summed E-state index contributed by atoms with van der Waals surface area (Å²) in [5.74, 6) is 0.795. The van der Waals surface area contributed by atoms with Gasteiger partial charge in [-0.15, -0.1) is 0 Å². The molecule has 7 heteroatoms. The Labute approximate surface area is 187 Å². The fraction of sp³-hybridized carbons (Fsp3) is 0.217. The first kappa shape index (κ1) is 21.9. The van der Waals surface area contributed by atoms with Crippen LogP contribution in [-0.2, 0) is 6.61 Å². The maximum atomic E-state index is 6.19. The molecule has 0 radical (unpaired) electrons. The zero-order chi connectivity index (χ0) is 21.5. The fourth-order valence-corrected chi connectivity index (χ4v) is 3.53. The largest absolute Gasteiger partial charge is 0.489 e. The Morgan fingerprint density at radius 2 is 1.90 bits per heavy atom. The number of nitrogens with one attached hydrogen (secondary N) is 2. The van der Waals surface area contributed by atoms with Gasteiger partial charge in [-0.25, -0.2) is 0 Å². The van der Waals surface area contributed by atoms with Crippen molar-refractivity contribution in [1.29, 1.82) is 0 Å². The summed E-state index contributed by atoms with van der Waals surface area (Å²) in [4.78, 5) is 0. The number of hydrazone groups is 1. The topological polar surface area (TPSA) is 50.6 Å². The minimum atomic E-state index is 0.433. The summed E-state index contributed by atoms with van der Waals surface area (Å²) in [5.41, 5.74) is 8.09. The van der Waals surface area contributed by atoms with E-state index in [9.17, 15) is 0 Å². The predicted octanol–water partition coefficient (Wildman–Crippen LogP) is 5.14. The zero-order valence-electron chi connectivity index (χ0n) is 17.3. The van der Waals surface area contributed by atoms with E-state index in [2.05, 4.69) is 40.3 Å². The van der Waals surface area contributed by atoms with E-state index in [1.165, 1.54) is 0 Å². The molecular weight excluding hydrogens is 416 g/mol.